The van der Waals surface area contributed by atoms with Gasteiger partial charge in [0.1, 0.15) is 5.76 Å². The Kier molecular flexibility index (Phi) is 2.89. The number of carbonyl (C=O) groups excluding carboxylic acids is 1. The SMILES string of the molecule is Cc1ccc(C(=O)N2CCC[C@H]2c2cnn(C)c2)o1. The Hall–Kier alpha value is -2.04. The summed E-state index contributed by atoms with van der Waals surface area (Å²) in [5.74, 6) is 1.16. The van der Waals surface area contributed by atoms with Crippen LogP contribution in [0.1, 0.15) is 40.8 Å². The van der Waals surface area contributed by atoms with Gasteiger partial charge in [0.2, 0.25) is 0 Å². The lowest BCUT2D eigenvalue weighted by Crippen LogP contribution is -2.30. The number of hydrogen-bond donors (Lipinski definition) is 0. The van der Waals surface area contributed by atoms with E-state index in [4.69, 9.17) is 4.42 Å². The van der Waals surface area contributed by atoms with Crippen LogP contribution in [-0.2, 0) is 7.05 Å². The van der Waals surface area contributed by atoms with Gasteiger partial charge in [-0.2, -0.15) is 5.10 Å². The first-order valence-electron chi connectivity index (χ1n) is 6.51. The quantitative estimate of drug-likeness (QED) is 0.831. The molecule has 0 aliphatic carbocycles. The van der Waals surface area contributed by atoms with Crippen molar-refractivity contribution in [2.24, 2.45) is 7.05 Å². The molecule has 0 unspecified atom stereocenters. The van der Waals surface area contributed by atoms with Crippen molar-refractivity contribution in [3.63, 3.8) is 0 Å². The van der Waals surface area contributed by atoms with E-state index in [1.54, 1.807) is 10.7 Å². The van der Waals surface area contributed by atoms with Crippen molar-refractivity contribution in [3.8, 4) is 0 Å². The number of aryl methyl sites for hydroxylation is 2. The van der Waals surface area contributed by atoms with E-state index >= 15 is 0 Å². The van der Waals surface area contributed by atoms with Crippen LogP contribution in [0.3, 0.4) is 0 Å². The molecule has 0 radical (unpaired) electrons. The molecule has 19 heavy (non-hydrogen) atoms. The molecule has 1 aliphatic rings. The molecule has 0 aromatic carbocycles. The van der Waals surface area contributed by atoms with E-state index < -0.39 is 0 Å². The maximum atomic E-state index is 12.5. The van der Waals surface area contributed by atoms with Crippen molar-refractivity contribution in [3.05, 3.63) is 41.6 Å². The molecule has 0 N–H and O–H groups in total. The maximum Gasteiger partial charge on any atom is 0.290 e. The van der Waals surface area contributed by atoms with Gasteiger partial charge in [-0.1, -0.05) is 0 Å². The molecule has 1 aliphatic heterocycles. The molecule has 1 amide bonds. The molecule has 0 bridgehead atoms. The highest BCUT2D eigenvalue weighted by molar-refractivity contribution is 5.92. The van der Waals surface area contributed by atoms with Crippen LogP contribution in [-0.4, -0.2) is 27.1 Å². The van der Waals surface area contributed by atoms with Crippen molar-refractivity contribution in [2.45, 2.75) is 25.8 Å². The van der Waals surface area contributed by atoms with Crippen LogP contribution in [0.5, 0.6) is 0 Å². The highest BCUT2D eigenvalue weighted by Crippen LogP contribution is 2.32. The van der Waals surface area contributed by atoms with Crippen molar-refractivity contribution in [1.29, 1.82) is 0 Å². The van der Waals surface area contributed by atoms with Crippen molar-refractivity contribution < 1.29 is 9.21 Å². The van der Waals surface area contributed by atoms with E-state index in [9.17, 15) is 4.79 Å². The minimum atomic E-state index is -0.0283. The Morgan fingerprint density at radius 1 is 1.47 bits per heavy atom. The predicted molar refractivity (Wildman–Crippen MR) is 69.7 cm³/mol. The molecule has 100 valence electrons. The van der Waals surface area contributed by atoms with Gasteiger partial charge in [0.15, 0.2) is 5.76 Å². The Labute approximate surface area is 111 Å². The summed E-state index contributed by atoms with van der Waals surface area (Å²) in [6.07, 6.45) is 5.81. The highest BCUT2D eigenvalue weighted by atomic mass is 16.3. The predicted octanol–water partition coefficient (Wildman–Crippen LogP) is 2.30. The van der Waals surface area contributed by atoms with E-state index in [-0.39, 0.29) is 11.9 Å². The molecule has 2 aromatic heterocycles. The molecule has 0 saturated carbocycles. The first-order chi connectivity index (χ1) is 9.15. The van der Waals surface area contributed by atoms with Crippen LogP contribution in [0.25, 0.3) is 0 Å². The van der Waals surface area contributed by atoms with Gasteiger partial charge in [-0.25, -0.2) is 0 Å². The van der Waals surface area contributed by atoms with Gasteiger partial charge in [0.05, 0.1) is 12.2 Å². The van der Waals surface area contributed by atoms with E-state index in [0.29, 0.717) is 5.76 Å². The van der Waals surface area contributed by atoms with Crippen molar-refractivity contribution >= 4 is 5.91 Å². The van der Waals surface area contributed by atoms with Crippen LogP contribution in [0.15, 0.2) is 28.9 Å². The second-order valence-corrected chi connectivity index (χ2v) is 5.01. The zero-order valence-electron chi connectivity index (χ0n) is 11.2. The summed E-state index contributed by atoms with van der Waals surface area (Å²) in [6, 6.07) is 3.69. The summed E-state index contributed by atoms with van der Waals surface area (Å²) in [5.41, 5.74) is 1.09. The fraction of sp³-hybridized carbons (Fsp3) is 0.429. The number of amides is 1. The van der Waals surface area contributed by atoms with Crippen LogP contribution >= 0.6 is 0 Å². The van der Waals surface area contributed by atoms with E-state index in [1.807, 2.05) is 37.3 Å². The number of carbonyl (C=O) groups is 1. The molecule has 5 nitrogen and oxygen atoms in total. The summed E-state index contributed by atoms with van der Waals surface area (Å²) < 4.78 is 7.21. The zero-order chi connectivity index (χ0) is 13.4. The monoisotopic (exact) mass is 259 g/mol. The average molecular weight is 259 g/mol. The second kappa shape index (κ2) is 4.57. The van der Waals surface area contributed by atoms with Gasteiger partial charge in [-0.05, 0) is 31.9 Å². The zero-order valence-corrected chi connectivity index (χ0v) is 11.2. The standard InChI is InChI=1S/C14H17N3O2/c1-10-5-6-13(19-10)14(18)17-7-3-4-12(17)11-8-15-16(2)9-11/h5-6,8-9,12H,3-4,7H2,1-2H3/t12-/m0/s1. The molecular formula is C14H17N3O2. The van der Waals surface area contributed by atoms with E-state index in [1.165, 1.54) is 0 Å². The number of furan rings is 1. The lowest BCUT2D eigenvalue weighted by Gasteiger charge is -2.22. The Morgan fingerprint density at radius 3 is 2.95 bits per heavy atom. The highest BCUT2D eigenvalue weighted by Gasteiger charge is 2.32. The lowest BCUT2D eigenvalue weighted by molar-refractivity contribution is 0.0702. The van der Waals surface area contributed by atoms with E-state index in [2.05, 4.69) is 5.10 Å². The minimum Gasteiger partial charge on any atom is -0.456 e. The lowest BCUT2D eigenvalue weighted by atomic mass is 10.1. The molecule has 1 atom stereocenters. The molecule has 0 spiro atoms. The normalized spacial score (nSPS) is 19.1. The van der Waals surface area contributed by atoms with Crippen molar-refractivity contribution in [1.82, 2.24) is 14.7 Å². The average Bonchev–Trinajstić information content (AvgIpc) is 3.07. The molecule has 1 fully saturated rings. The summed E-state index contributed by atoms with van der Waals surface area (Å²) in [4.78, 5) is 14.3. The molecular weight excluding hydrogens is 242 g/mol. The fourth-order valence-corrected chi connectivity index (χ4v) is 2.66. The maximum absolute atomic E-state index is 12.5. The number of likely N-dealkylation sites (tertiary alicyclic amines) is 1. The number of hydrogen-bond acceptors (Lipinski definition) is 3. The van der Waals surface area contributed by atoms with E-state index in [0.717, 1.165) is 30.7 Å². The smallest absolute Gasteiger partial charge is 0.290 e. The number of nitrogens with zero attached hydrogens (tertiary/aromatic N) is 3. The summed E-state index contributed by atoms with van der Waals surface area (Å²) in [5, 5.41) is 4.19. The largest absolute Gasteiger partial charge is 0.456 e. The van der Waals surface area contributed by atoms with Gasteiger partial charge < -0.3 is 9.32 Å². The third-order valence-electron chi connectivity index (χ3n) is 3.57. The Balaban J connectivity index is 1.85. The Bertz CT molecular complexity index is 599. The molecule has 3 rings (SSSR count). The topological polar surface area (TPSA) is 51.3 Å². The molecule has 2 aromatic rings. The van der Waals surface area contributed by atoms with Gasteiger partial charge in [-0.15, -0.1) is 0 Å². The first kappa shape index (κ1) is 12.0. The summed E-state index contributed by atoms with van der Waals surface area (Å²) in [6.45, 7) is 2.62. The number of aromatic nitrogens is 2. The summed E-state index contributed by atoms with van der Waals surface area (Å²) in [7, 11) is 1.89. The van der Waals surface area contributed by atoms with Crippen LogP contribution in [0.2, 0.25) is 0 Å². The van der Waals surface area contributed by atoms with Gasteiger partial charge in [0, 0.05) is 25.4 Å². The third kappa shape index (κ3) is 2.16. The number of rotatable bonds is 2. The molecule has 1 saturated heterocycles. The van der Waals surface area contributed by atoms with Gasteiger partial charge >= 0.3 is 0 Å². The Morgan fingerprint density at radius 2 is 2.32 bits per heavy atom. The van der Waals surface area contributed by atoms with Crippen molar-refractivity contribution in [2.75, 3.05) is 6.54 Å². The van der Waals surface area contributed by atoms with Gasteiger partial charge in [-0.3, -0.25) is 9.48 Å². The third-order valence-corrected chi connectivity index (χ3v) is 3.57. The molecule has 5 heteroatoms. The van der Waals surface area contributed by atoms with Crippen LogP contribution < -0.4 is 0 Å². The molecule has 3 heterocycles. The minimum absolute atomic E-state index is 0.0283. The summed E-state index contributed by atoms with van der Waals surface area (Å²) >= 11 is 0. The van der Waals surface area contributed by atoms with Gasteiger partial charge in [0.25, 0.3) is 5.91 Å². The second-order valence-electron chi connectivity index (χ2n) is 5.01. The van der Waals surface area contributed by atoms with Crippen LogP contribution in [0, 0.1) is 6.92 Å². The fourth-order valence-electron chi connectivity index (χ4n) is 2.66. The first-order valence-corrected chi connectivity index (χ1v) is 6.51. The van der Waals surface area contributed by atoms with Crippen LogP contribution in [0.4, 0.5) is 0 Å².